The zero-order chi connectivity index (χ0) is 18.8. The van der Waals surface area contributed by atoms with Crippen LogP contribution in [0, 0.1) is 9.39 Å². The number of carbonyl (C=O) groups is 2. The monoisotopic (exact) mass is 468 g/mol. The van der Waals surface area contributed by atoms with Crippen molar-refractivity contribution in [2.75, 3.05) is 0 Å². The van der Waals surface area contributed by atoms with E-state index in [1.54, 1.807) is 18.2 Å². The van der Waals surface area contributed by atoms with Crippen LogP contribution in [-0.4, -0.2) is 33.1 Å². The lowest BCUT2D eigenvalue weighted by Gasteiger charge is -2.15. The Hall–Kier alpha value is -2.62. The van der Waals surface area contributed by atoms with Crippen molar-refractivity contribution in [2.24, 2.45) is 0 Å². The summed E-state index contributed by atoms with van der Waals surface area (Å²) in [6.07, 6.45) is 1.38. The van der Waals surface area contributed by atoms with Crippen LogP contribution in [0.1, 0.15) is 15.9 Å². The van der Waals surface area contributed by atoms with E-state index in [0.29, 0.717) is 14.7 Å². The van der Waals surface area contributed by atoms with Crippen LogP contribution >= 0.6 is 22.6 Å². The number of aromatic nitrogens is 1. The number of hydrogen-bond donors (Lipinski definition) is 4. The Kier molecular flexibility index (Phi) is 5.12. The van der Waals surface area contributed by atoms with E-state index in [1.165, 1.54) is 24.4 Å². The van der Waals surface area contributed by atoms with Crippen LogP contribution in [0.4, 0.5) is 4.39 Å². The number of carboxylic acid groups (broad SMARTS) is 1. The molecule has 0 saturated carbocycles. The number of fused-ring (bicyclic) bond motifs is 1. The highest BCUT2D eigenvalue weighted by molar-refractivity contribution is 14.1. The van der Waals surface area contributed by atoms with Gasteiger partial charge in [-0.05, 0) is 52.4 Å². The van der Waals surface area contributed by atoms with Crippen LogP contribution in [0.15, 0.2) is 42.6 Å². The Bertz CT molecular complexity index is 1000. The molecule has 0 spiro atoms. The summed E-state index contributed by atoms with van der Waals surface area (Å²) in [6, 6.07) is 7.88. The lowest BCUT2D eigenvalue weighted by Crippen LogP contribution is -2.42. The van der Waals surface area contributed by atoms with Crippen LogP contribution in [0.2, 0.25) is 0 Å². The van der Waals surface area contributed by atoms with Crippen molar-refractivity contribution in [1.29, 1.82) is 0 Å². The first-order chi connectivity index (χ1) is 12.4. The normalized spacial score (nSPS) is 12.1. The molecular weight excluding hydrogens is 454 g/mol. The summed E-state index contributed by atoms with van der Waals surface area (Å²) in [5.41, 5.74) is 1.14. The first-order valence-electron chi connectivity index (χ1n) is 7.63. The van der Waals surface area contributed by atoms with E-state index in [4.69, 9.17) is 0 Å². The number of rotatable bonds is 5. The van der Waals surface area contributed by atoms with Crippen molar-refractivity contribution in [2.45, 2.75) is 12.5 Å². The van der Waals surface area contributed by atoms with E-state index in [2.05, 4.69) is 10.3 Å². The van der Waals surface area contributed by atoms with Gasteiger partial charge in [-0.25, -0.2) is 9.18 Å². The Morgan fingerprint density at radius 1 is 1.27 bits per heavy atom. The number of aliphatic carboxylic acids is 1. The number of phenolic OH excluding ortho intramolecular Hbond substituents is 1. The Morgan fingerprint density at radius 3 is 2.73 bits per heavy atom. The second-order valence-corrected chi connectivity index (χ2v) is 6.88. The van der Waals surface area contributed by atoms with Crippen LogP contribution in [0.3, 0.4) is 0 Å². The lowest BCUT2D eigenvalue weighted by molar-refractivity contribution is -0.139. The molecule has 1 aromatic heterocycles. The van der Waals surface area contributed by atoms with E-state index < -0.39 is 23.7 Å². The molecule has 2 aromatic carbocycles. The van der Waals surface area contributed by atoms with Crippen LogP contribution in [-0.2, 0) is 11.2 Å². The van der Waals surface area contributed by atoms with Gasteiger partial charge in [0.25, 0.3) is 5.91 Å². The maximum atomic E-state index is 14.0. The number of amides is 1. The number of aromatic hydroxyl groups is 1. The van der Waals surface area contributed by atoms with Gasteiger partial charge < -0.3 is 20.5 Å². The number of phenols is 1. The van der Waals surface area contributed by atoms with Crippen molar-refractivity contribution in [3.63, 3.8) is 0 Å². The first-order valence-corrected chi connectivity index (χ1v) is 8.71. The fraction of sp³-hybridized carbons (Fsp3) is 0.111. The smallest absolute Gasteiger partial charge is 0.326 e. The molecule has 0 saturated heterocycles. The van der Waals surface area contributed by atoms with Gasteiger partial charge in [-0.1, -0.05) is 12.1 Å². The molecule has 0 fully saturated rings. The number of nitrogens with one attached hydrogen (secondary N) is 2. The average Bonchev–Trinajstić information content (AvgIpc) is 3.03. The Balaban J connectivity index is 1.84. The van der Waals surface area contributed by atoms with E-state index >= 15 is 0 Å². The predicted octanol–water partition coefficient (Wildman–Crippen LogP) is 3.04. The molecule has 0 aliphatic rings. The molecule has 3 aromatic rings. The quantitative estimate of drug-likeness (QED) is 0.433. The topological polar surface area (TPSA) is 102 Å². The van der Waals surface area contributed by atoms with Crippen molar-refractivity contribution in [1.82, 2.24) is 10.3 Å². The fourth-order valence-electron chi connectivity index (χ4n) is 2.67. The highest BCUT2D eigenvalue weighted by Gasteiger charge is 2.23. The molecule has 0 aliphatic carbocycles. The lowest BCUT2D eigenvalue weighted by atomic mass is 10.0. The predicted molar refractivity (Wildman–Crippen MR) is 102 cm³/mol. The highest BCUT2D eigenvalue weighted by atomic mass is 127. The number of halogens is 2. The highest BCUT2D eigenvalue weighted by Crippen LogP contribution is 2.23. The zero-order valence-corrected chi connectivity index (χ0v) is 15.5. The zero-order valence-electron chi connectivity index (χ0n) is 13.3. The van der Waals surface area contributed by atoms with Crippen molar-refractivity contribution < 1.29 is 24.2 Å². The van der Waals surface area contributed by atoms with Gasteiger partial charge in [0.1, 0.15) is 17.6 Å². The summed E-state index contributed by atoms with van der Waals surface area (Å²) in [6.45, 7) is 0. The number of benzene rings is 2. The number of H-pyrrole nitrogens is 1. The molecule has 8 heteroatoms. The summed E-state index contributed by atoms with van der Waals surface area (Å²) >= 11 is 1.93. The van der Waals surface area contributed by atoms with Crippen molar-refractivity contribution in [3.05, 3.63) is 63.1 Å². The first kappa shape index (κ1) is 18.2. The van der Waals surface area contributed by atoms with Gasteiger partial charge in [0.05, 0.1) is 9.13 Å². The molecular formula is C18H14FIN2O4. The van der Waals surface area contributed by atoms with Gasteiger partial charge in [-0.2, -0.15) is 0 Å². The standard InChI is InChI=1S/C18H14FIN2O4/c19-11-2-1-3-13-16(11)10(8-21-13)17(24)22-14(18(25)26)7-9-4-5-15(23)12(20)6-9/h1-6,8,14,21,23H,7H2,(H,22,24)(H,25,26)/t14-/m0/s1. The second kappa shape index (κ2) is 7.32. The Labute approximate surface area is 161 Å². The second-order valence-electron chi connectivity index (χ2n) is 5.72. The third kappa shape index (κ3) is 3.64. The number of hydrogen-bond acceptors (Lipinski definition) is 3. The summed E-state index contributed by atoms with van der Waals surface area (Å²) in [7, 11) is 0. The van der Waals surface area contributed by atoms with E-state index in [-0.39, 0.29) is 23.1 Å². The van der Waals surface area contributed by atoms with E-state index in [0.717, 1.165) is 0 Å². The molecule has 0 radical (unpaired) electrons. The van der Waals surface area contributed by atoms with Gasteiger partial charge in [0.15, 0.2) is 0 Å². The molecule has 1 atom stereocenters. The largest absolute Gasteiger partial charge is 0.507 e. The molecule has 1 heterocycles. The summed E-state index contributed by atoms with van der Waals surface area (Å²) in [5.74, 6) is -2.35. The SMILES string of the molecule is O=C(N[C@@H](Cc1ccc(O)c(I)c1)C(=O)O)c1c[nH]c2cccc(F)c12. The van der Waals surface area contributed by atoms with Gasteiger partial charge in [0, 0.05) is 23.5 Å². The van der Waals surface area contributed by atoms with E-state index in [1.807, 2.05) is 22.6 Å². The van der Waals surface area contributed by atoms with Crippen LogP contribution in [0.5, 0.6) is 5.75 Å². The molecule has 26 heavy (non-hydrogen) atoms. The minimum atomic E-state index is -1.21. The molecule has 3 rings (SSSR count). The van der Waals surface area contributed by atoms with Gasteiger partial charge in [-0.15, -0.1) is 0 Å². The average molecular weight is 468 g/mol. The molecule has 0 unspecified atom stereocenters. The van der Waals surface area contributed by atoms with Crippen molar-refractivity contribution >= 4 is 45.4 Å². The third-order valence-corrected chi connectivity index (χ3v) is 4.82. The number of carbonyl (C=O) groups excluding carboxylic acids is 1. The summed E-state index contributed by atoms with van der Waals surface area (Å²) in [5, 5.41) is 21.5. The van der Waals surface area contributed by atoms with Crippen LogP contribution in [0.25, 0.3) is 10.9 Å². The summed E-state index contributed by atoms with van der Waals surface area (Å²) in [4.78, 5) is 26.8. The number of aromatic amines is 1. The van der Waals surface area contributed by atoms with Crippen LogP contribution < -0.4 is 5.32 Å². The molecule has 134 valence electrons. The van der Waals surface area contributed by atoms with Crippen molar-refractivity contribution in [3.8, 4) is 5.75 Å². The molecule has 0 aliphatic heterocycles. The van der Waals surface area contributed by atoms with Gasteiger partial charge in [0.2, 0.25) is 0 Å². The minimum absolute atomic E-state index is 0.0300. The van der Waals surface area contributed by atoms with Gasteiger partial charge in [-0.3, -0.25) is 4.79 Å². The molecule has 0 bridgehead atoms. The maximum absolute atomic E-state index is 14.0. The molecule has 6 nitrogen and oxygen atoms in total. The van der Waals surface area contributed by atoms with Gasteiger partial charge >= 0.3 is 5.97 Å². The molecule has 1 amide bonds. The fourth-order valence-corrected chi connectivity index (χ4v) is 3.25. The maximum Gasteiger partial charge on any atom is 0.326 e. The minimum Gasteiger partial charge on any atom is -0.507 e. The number of carboxylic acids is 1. The Morgan fingerprint density at radius 2 is 2.04 bits per heavy atom. The third-order valence-electron chi connectivity index (χ3n) is 3.95. The summed E-state index contributed by atoms with van der Waals surface area (Å²) < 4.78 is 14.6. The molecule has 4 N–H and O–H groups in total. The van der Waals surface area contributed by atoms with E-state index in [9.17, 15) is 24.2 Å².